The summed E-state index contributed by atoms with van der Waals surface area (Å²) in [6, 6.07) is 2.11. The molecule has 1 unspecified atom stereocenters. The molecular formula is C24H35NO7. The van der Waals surface area contributed by atoms with Crippen LogP contribution in [0.5, 0.6) is 0 Å². The lowest BCUT2D eigenvalue weighted by molar-refractivity contribution is -0.135. The first-order valence-electron chi connectivity index (χ1n) is 11.2. The third-order valence-corrected chi connectivity index (χ3v) is 8.24. The molecule has 0 saturated heterocycles. The van der Waals surface area contributed by atoms with Gasteiger partial charge in [0.15, 0.2) is 5.76 Å². The lowest BCUT2D eigenvalue weighted by Gasteiger charge is -2.58. The van der Waals surface area contributed by atoms with Crippen LogP contribution in [-0.4, -0.2) is 44.3 Å². The van der Waals surface area contributed by atoms with Crippen LogP contribution in [0.1, 0.15) is 72.6 Å². The van der Waals surface area contributed by atoms with E-state index in [1.54, 1.807) is 0 Å². The molecule has 4 aliphatic carbocycles. The van der Waals surface area contributed by atoms with Gasteiger partial charge in [0.25, 0.3) is 11.9 Å². The zero-order valence-corrected chi connectivity index (χ0v) is 19.3. The summed E-state index contributed by atoms with van der Waals surface area (Å²) in [6.07, 6.45) is 6.13. The largest absolute Gasteiger partial charge is 0.504 e. The Hall–Kier alpha value is -2.40. The standard InChI is InChI=1S/C20H27NO3.2C2H4O2/c1-19-8-7-14-12(13(19)5-6-16(19)22)3-4-15-18(24)17(23)11(10-21)9-20(14,15)2;2*1-2(3)4/h11-14,16,22,24H,3-9H2,1-2H3;2*1H3,(H,3,4)/t11?,12-,13-,14-,16-,19-,20+;;/m0../s1. The fraction of sp³-hybridized carbons (Fsp3) is 0.750. The Morgan fingerprint density at radius 2 is 1.59 bits per heavy atom. The Morgan fingerprint density at radius 1 is 1.03 bits per heavy atom. The molecule has 0 heterocycles. The van der Waals surface area contributed by atoms with Gasteiger partial charge in [-0.05, 0) is 79.1 Å². The number of rotatable bonds is 0. The predicted octanol–water partition coefficient (Wildman–Crippen LogP) is 3.70. The van der Waals surface area contributed by atoms with Crippen LogP contribution in [0.15, 0.2) is 11.3 Å². The number of carbonyl (C=O) groups is 3. The van der Waals surface area contributed by atoms with Crippen molar-refractivity contribution in [2.75, 3.05) is 0 Å². The van der Waals surface area contributed by atoms with Gasteiger partial charge in [-0.15, -0.1) is 0 Å². The monoisotopic (exact) mass is 449 g/mol. The van der Waals surface area contributed by atoms with Crippen molar-refractivity contribution in [3.63, 3.8) is 0 Å². The summed E-state index contributed by atoms with van der Waals surface area (Å²) in [7, 11) is 0. The van der Waals surface area contributed by atoms with Crippen molar-refractivity contribution < 1.29 is 34.8 Å². The molecule has 178 valence electrons. The van der Waals surface area contributed by atoms with E-state index in [0.717, 1.165) is 57.9 Å². The first-order valence-corrected chi connectivity index (χ1v) is 11.2. The second-order valence-electron chi connectivity index (χ2n) is 10.1. The number of nitrogens with zero attached hydrogens (tertiary/aromatic N) is 1. The number of Topliss-reactive ketones (excluding diaryl/α,β-unsaturated/α-hetero) is 1. The minimum atomic E-state index is -0.833. The molecule has 3 saturated carbocycles. The van der Waals surface area contributed by atoms with Crippen molar-refractivity contribution in [2.45, 2.75) is 78.7 Å². The Balaban J connectivity index is 0.000000395. The molecule has 8 heteroatoms. The molecule has 0 radical (unpaired) electrons. The molecule has 7 atom stereocenters. The van der Waals surface area contributed by atoms with Gasteiger partial charge in [0, 0.05) is 13.8 Å². The Morgan fingerprint density at radius 3 is 2.12 bits per heavy atom. The second kappa shape index (κ2) is 9.62. The summed E-state index contributed by atoms with van der Waals surface area (Å²) in [5, 5.41) is 45.1. The van der Waals surface area contributed by atoms with E-state index in [2.05, 4.69) is 19.9 Å². The quantitative estimate of drug-likeness (QED) is 0.436. The minimum absolute atomic E-state index is 0.0277. The van der Waals surface area contributed by atoms with Crippen molar-refractivity contribution >= 4 is 17.7 Å². The number of ketones is 1. The molecule has 0 spiro atoms. The molecular weight excluding hydrogens is 414 g/mol. The summed E-state index contributed by atoms with van der Waals surface area (Å²) in [4.78, 5) is 30.2. The van der Waals surface area contributed by atoms with E-state index < -0.39 is 17.9 Å². The third-order valence-electron chi connectivity index (χ3n) is 8.24. The molecule has 3 fully saturated rings. The summed E-state index contributed by atoms with van der Waals surface area (Å²) in [5.74, 6) is -1.38. The number of carboxylic acid groups (broad SMARTS) is 2. The minimum Gasteiger partial charge on any atom is -0.504 e. The van der Waals surface area contributed by atoms with Crippen LogP contribution >= 0.6 is 0 Å². The number of hydrogen-bond acceptors (Lipinski definition) is 6. The van der Waals surface area contributed by atoms with E-state index >= 15 is 0 Å². The van der Waals surface area contributed by atoms with Gasteiger partial charge >= 0.3 is 0 Å². The highest BCUT2D eigenvalue weighted by Crippen LogP contribution is 2.65. The normalized spacial score (nSPS) is 39.6. The average molecular weight is 450 g/mol. The average Bonchev–Trinajstić information content (AvgIpc) is 2.99. The summed E-state index contributed by atoms with van der Waals surface area (Å²) in [5.41, 5.74) is 0.693. The van der Waals surface area contributed by atoms with Gasteiger partial charge in [0.2, 0.25) is 5.78 Å². The maximum absolute atomic E-state index is 12.2. The molecule has 0 aromatic rings. The third kappa shape index (κ3) is 4.68. The second-order valence-corrected chi connectivity index (χ2v) is 10.1. The van der Waals surface area contributed by atoms with Gasteiger partial charge < -0.3 is 20.4 Å². The number of aliphatic hydroxyl groups excluding tert-OH is 2. The molecule has 4 N–H and O–H groups in total. The molecule has 8 nitrogen and oxygen atoms in total. The summed E-state index contributed by atoms with van der Waals surface area (Å²) in [6.45, 7) is 6.58. The zero-order valence-electron chi connectivity index (χ0n) is 19.3. The number of carbonyl (C=O) groups excluding carboxylic acids is 1. The first-order chi connectivity index (χ1) is 14.8. The molecule has 0 bridgehead atoms. The van der Waals surface area contributed by atoms with Gasteiger partial charge in [-0.3, -0.25) is 14.4 Å². The molecule has 0 aromatic carbocycles. The van der Waals surface area contributed by atoms with Crippen LogP contribution in [0.25, 0.3) is 0 Å². The fourth-order valence-electron chi connectivity index (χ4n) is 6.87. The van der Waals surface area contributed by atoms with E-state index in [9.17, 15) is 20.3 Å². The molecule has 0 amide bonds. The Kier molecular flexibility index (Phi) is 7.77. The van der Waals surface area contributed by atoms with Gasteiger partial charge in [-0.25, -0.2) is 0 Å². The van der Waals surface area contributed by atoms with Crippen LogP contribution in [0.2, 0.25) is 0 Å². The van der Waals surface area contributed by atoms with Crippen LogP contribution in [-0.2, 0) is 14.4 Å². The number of hydrogen-bond donors (Lipinski definition) is 4. The van der Waals surface area contributed by atoms with Gasteiger partial charge in [0.1, 0.15) is 5.92 Å². The maximum atomic E-state index is 12.2. The lowest BCUT2D eigenvalue weighted by Crippen LogP contribution is -2.52. The highest BCUT2D eigenvalue weighted by molar-refractivity contribution is 5.98. The van der Waals surface area contributed by atoms with Gasteiger partial charge in [-0.2, -0.15) is 5.26 Å². The number of aliphatic carboxylic acids is 2. The fourth-order valence-corrected chi connectivity index (χ4v) is 6.87. The van der Waals surface area contributed by atoms with Crippen molar-refractivity contribution in [1.82, 2.24) is 0 Å². The summed E-state index contributed by atoms with van der Waals surface area (Å²) >= 11 is 0. The highest BCUT2D eigenvalue weighted by atomic mass is 16.4. The van der Waals surface area contributed by atoms with E-state index in [1.807, 2.05) is 0 Å². The van der Waals surface area contributed by atoms with Gasteiger partial charge in [0.05, 0.1) is 12.2 Å². The Labute approximate surface area is 188 Å². The molecule has 32 heavy (non-hydrogen) atoms. The van der Waals surface area contributed by atoms with Crippen LogP contribution < -0.4 is 0 Å². The summed E-state index contributed by atoms with van der Waals surface area (Å²) < 4.78 is 0. The number of aliphatic hydroxyl groups is 2. The number of nitriles is 1. The van der Waals surface area contributed by atoms with Gasteiger partial charge in [-0.1, -0.05) is 13.8 Å². The van der Waals surface area contributed by atoms with Crippen LogP contribution in [0.3, 0.4) is 0 Å². The van der Waals surface area contributed by atoms with Crippen molar-refractivity contribution in [1.29, 1.82) is 5.26 Å². The van der Waals surface area contributed by atoms with Crippen molar-refractivity contribution in [3.8, 4) is 6.07 Å². The Bertz CT molecular complexity index is 824. The first kappa shape index (κ1) is 25.9. The SMILES string of the molecule is CC(=O)O.CC(=O)O.C[C@]12CC[C@H]3[C@@H](CCC4=C(O)C(=O)C(C#N)C[C@@]43C)[C@@H]1CC[C@@H]2O. The number of carboxylic acids is 2. The van der Waals surface area contributed by atoms with E-state index in [4.69, 9.17) is 19.8 Å². The van der Waals surface area contributed by atoms with E-state index in [1.165, 1.54) is 0 Å². The maximum Gasteiger partial charge on any atom is 0.300 e. The lowest BCUT2D eigenvalue weighted by atomic mass is 9.46. The molecule has 4 rings (SSSR count). The number of allylic oxidation sites excluding steroid dienone is 1. The van der Waals surface area contributed by atoms with Crippen molar-refractivity contribution in [2.24, 2.45) is 34.5 Å². The highest BCUT2D eigenvalue weighted by Gasteiger charge is 2.60. The van der Waals surface area contributed by atoms with E-state index in [0.29, 0.717) is 24.2 Å². The van der Waals surface area contributed by atoms with E-state index in [-0.39, 0.29) is 28.5 Å². The smallest absolute Gasteiger partial charge is 0.300 e. The molecule has 4 aliphatic rings. The van der Waals surface area contributed by atoms with Crippen LogP contribution in [0.4, 0.5) is 0 Å². The topological polar surface area (TPSA) is 156 Å². The van der Waals surface area contributed by atoms with Crippen LogP contribution in [0, 0.1) is 45.8 Å². The zero-order chi connectivity index (χ0) is 24.4. The molecule has 0 aromatic heterocycles. The number of fused-ring (bicyclic) bond motifs is 5. The predicted molar refractivity (Wildman–Crippen MR) is 115 cm³/mol. The van der Waals surface area contributed by atoms with Crippen molar-refractivity contribution in [3.05, 3.63) is 11.3 Å². The molecule has 0 aliphatic heterocycles.